The highest BCUT2D eigenvalue weighted by Gasteiger charge is 2.35. The SMILES string of the molecule is COC(=O)C1=C(C)N(c2ccc(Cl)cc2)C(=S)NC1c1ccc(F)cc1. The molecule has 4 nitrogen and oxygen atoms in total. The lowest BCUT2D eigenvalue weighted by atomic mass is 9.95. The first kappa shape index (κ1) is 18.4. The highest BCUT2D eigenvalue weighted by atomic mass is 35.5. The summed E-state index contributed by atoms with van der Waals surface area (Å²) in [5.41, 5.74) is 2.52. The lowest BCUT2D eigenvalue weighted by Gasteiger charge is -2.37. The molecule has 7 heteroatoms. The Bertz CT molecular complexity index is 881. The largest absolute Gasteiger partial charge is 0.466 e. The third-order valence-corrected chi connectivity index (χ3v) is 4.73. The Hall–Kier alpha value is -2.44. The molecule has 3 rings (SSSR count). The molecule has 1 N–H and O–H groups in total. The third-order valence-electron chi connectivity index (χ3n) is 4.18. The Morgan fingerprint density at radius 1 is 1.19 bits per heavy atom. The molecule has 2 aromatic rings. The third kappa shape index (κ3) is 3.43. The van der Waals surface area contributed by atoms with Gasteiger partial charge in [0, 0.05) is 16.4 Å². The molecule has 1 aliphatic rings. The van der Waals surface area contributed by atoms with E-state index < -0.39 is 12.0 Å². The fraction of sp³-hybridized carbons (Fsp3) is 0.158. The van der Waals surface area contributed by atoms with Crippen LogP contribution in [0, 0.1) is 5.82 Å². The number of carbonyl (C=O) groups is 1. The topological polar surface area (TPSA) is 41.6 Å². The summed E-state index contributed by atoms with van der Waals surface area (Å²) >= 11 is 11.5. The molecule has 0 saturated carbocycles. The summed E-state index contributed by atoms with van der Waals surface area (Å²) in [4.78, 5) is 14.2. The number of esters is 1. The van der Waals surface area contributed by atoms with E-state index in [0.717, 1.165) is 5.69 Å². The van der Waals surface area contributed by atoms with Gasteiger partial charge >= 0.3 is 5.97 Å². The molecule has 0 amide bonds. The summed E-state index contributed by atoms with van der Waals surface area (Å²) in [6, 6.07) is 12.5. The number of nitrogens with zero attached hydrogens (tertiary/aromatic N) is 1. The van der Waals surface area contributed by atoms with Crippen LogP contribution >= 0.6 is 23.8 Å². The molecule has 1 heterocycles. The van der Waals surface area contributed by atoms with E-state index in [9.17, 15) is 9.18 Å². The van der Waals surface area contributed by atoms with Crippen LogP contribution in [0.1, 0.15) is 18.5 Å². The van der Waals surface area contributed by atoms with E-state index in [-0.39, 0.29) is 5.82 Å². The highest BCUT2D eigenvalue weighted by Crippen LogP contribution is 2.34. The highest BCUT2D eigenvalue weighted by molar-refractivity contribution is 7.80. The number of rotatable bonds is 3. The second-order valence-electron chi connectivity index (χ2n) is 5.74. The van der Waals surface area contributed by atoms with E-state index in [4.69, 9.17) is 28.6 Å². The van der Waals surface area contributed by atoms with E-state index in [2.05, 4.69) is 5.32 Å². The summed E-state index contributed by atoms with van der Waals surface area (Å²) < 4.78 is 18.2. The van der Waals surface area contributed by atoms with Crippen LogP contribution in [0.5, 0.6) is 0 Å². The van der Waals surface area contributed by atoms with Crippen molar-refractivity contribution < 1.29 is 13.9 Å². The molecule has 0 saturated heterocycles. The number of halogens is 2. The summed E-state index contributed by atoms with van der Waals surface area (Å²) in [6.07, 6.45) is 0. The van der Waals surface area contributed by atoms with Gasteiger partial charge in [-0.25, -0.2) is 9.18 Å². The second-order valence-corrected chi connectivity index (χ2v) is 6.56. The first-order chi connectivity index (χ1) is 12.4. The van der Waals surface area contributed by atoms with Crippen LogP contribution in [0.4, 0.5) is 10.1 Å². The lowest BCUT2D eigenvalue weighted by molar-refractivity contribution is -0.136. The van der Waals surface area contributed by atoms with Crippen molar-refractivity contribution in [3.63, 3.8) is 0 Å². The minimum atomic E-state index is -0.529. The molecule has 0 radical (unpaired) electrons. The molecular weight excluding hydrogens is 375 g/mol. The van der Waals surface area contributed by atoms with Crippen LogP contribution in [0.2, 0.25) is 5.02 Å². The van der Waals surface area contributed by atoms with Crippen molar-refractivity contribution in [1.82, 2.24) is 5.32 Å². The summed E-state index contributed by atoms with van der Waals surface area (Å²) in [5.74, 6) is -0.832. The fourth-order valence-corrected chi connectivity index (χ4v) is 3.41. The first-order valence-electron chi connectivity index (χ1n) is 7.83. The Morgan fingerprint density at radius 3 is 2.38 bits per heavy atom. The summed E-state index contributed by atoms with van der Waals surface area (Å²) in [5, 5.41) is 4.18. The van der Waals surface area contributed by atoms with Gasteiger partial charge in [0.1, 0.15) is 5.82 Å². The van der Waals surface area contributed by atoms with Crippen molar-refractivity contribution >= 4 is 40.6 Å². The number of carbonyl (C=O) groups excluding carboxylic acids is 1. The molecular formula is C19H16ClFN2O2S. The predicted octanol–water partition coefficient (Wildman–Crippen LogP) is 4.36. The standard InChI is InChI=1S/C19H16ClFN2O2S/c1-11-16(18(24)25-2)17(12-3-7-14(21)8-4-12)22-19(26)23(11)15-9-5-13(20)6-10-15/h3-10,17H,1-2H3,(H,22,26). The number of methoxy groups -OCH3 is 1. The Balaban J connectivity index is 2.12. The van der Waals surface area contributed by atoms with E-state index in [1.807, 2.05) is 12.1 Å². The Morgan fingerprint density at radius 2 is 1.81 bits per heavy atom. The first-order valence-corrected chi connectivity index (χ1v) is 8.61. The maximum atomic E-state index is 13.3. The number of hydrogen-bond acceptors (Lipinski definition) is 3. The van der Waals surface area contributed by atoms with Crippen LogP contribution in [0.25, 0.3) is 0 Å². The normalized spacial score (nSPS) is 17.2. The van der Waals surface area contributed by atoms with Crippen molar-refractivity contribution in [2.45, 2.75) is 13.0 Å². The van der Waals surface area contributed by atoms with Gasteiger partial charge < -0.3 is 10.1 Å². The summed E-state index contributed by atoms with van der Waals surface area (Å²) in [6.45, 7) is 1.80. The van der Waals surface area contributed by atoms with Crippen LogP contribution < -0.4 is 10.2 Å². The molecule has 0 fully saturated rings. The van der Waals surface area contributed by atoms with Gasteiger partial charge in [-0.3, -0.25) is 4.90 Å². The minimum absolute atomic E-state index is 0.352. The molecule has 0 aromatic heterocycles. The zero-order chi connectivity index (χ0) is 18.8. The molecule has 0 aliphatic carbocycles. The van der Waals surface area contributed by atoms with Gasteiger partial charge in [0.2, 0.25) is 0 Å². The Kier molecular flexibility index (Phi) is 5.25. The van der Waals surface area contributed by atoms with Crippen molar-refractivity contribution in [2.75, 3.05) is 12.0 Å². The van der Waals surface area contributed by atoms with Gasteiger partial charge in [-0.15, -0.1) is 0 Å². The zero-order valence-electron chi connectivity index (χ0n) is 14.1. The van der Waals surface area contributed by atoms with Gasteiger partial charge in [0.05, 0.1) is 18.7 Å². The molecule has 134 valence electrons. The molecule has 0 spiro atoms. The molecule has 1 aliphatic heterocycles. The van der Waals surface area contributed by atoms with Crippen LogP contribution in [0.15, 0.2) is 59.8 Å². The van der Waals surface area contributed by atoms with E-state index in [1.165, 1.54) is 19.2 Å². The van der Waals surface area contributed by atoms with Gasteiger partial charge in [-0.2, -0.15) is 0 Å². The molecule has 0 bridgehead atoms. The number of thiocarbonyl (C=S) groups is 1. The fourth-order valence-electron chi connectivity index (χ4n) is 2.92. The predicted molar refractivity (Wildman–Crippen MR) is 104 cm³/mol. The van der Waals surface area contributed by atoms with Crippen molar-refractivity contribution in [3.8, 4) is 0 Å². The smallest absolute Gasteiger partial charge is 0.337 e. The number of ether oxygens (including phenoxy) is 1. The van der Waals surface area contributed by atoms with Crippen LogP contribution in [-0.4, -0.2) is 18.2 Å². The average molecular weight is 391 g/mol. The van der Waals surface area contributed by atoms with Crippen molar-refractivity contribution in [3.05, 3.63) is 76.2 Å². The van der Waals surface area contributed by atoms with Crippen molar-refractivity contribution in [1.29, 1.82) is 0 Å². The van der Waals surface area contributed by atoms with Gasteiger partial charge in [-0.05, 0) is 61.1 Å². The number of anilines is 1. The quantitative estimate of drug-likeness (QED) is 0.623. The molecule has 26 heavy (non-hydrogen) atoms. The van der Waals surface area contributed by atoms with E-state index in [0.29, 0.717) is 27.0 Å². The lowest BCUT2D eigenvalue weighted by Crippen LogP contribution is -2.48. The van der Waals surface area contributed by atoms with Crippen molar-refractivity contribution in [2.24, 2.45) is 0 Å². The maximum absolute atomic E-state index is 13.3. The van der Waals surface area contributed by atoms with E-state index >= 15 is 0 Å². The number of nitrogens with one attached hydrogen (secondary N) is 1. The zero-order valence-corrected chi connectivity index (χ0v) is 15.7. The maximum Gasteiger partial charge on any atom is 0.337 e. The number of allylic oxidation sites excluding steroid dienone is 1. The van der Waals surface area contributed by atoms with Gasteiger partial charge in [0.15, 0.2) is 5.11 Å². The minimum Gasteiger partial charge on any atom is -0.466 e. The second kappa shape index (κ2) is 7.43. The molecule has 1 unspecified atom stereocenters. The van der Waals surface area contributed by atoms with E-state index in [1.54, 1.807) is 36.1 Å². The number of benzene rings is 2. The monoisotopic (exact) mass is 390 g/mol. The average Bonchev–Trinajstić information content (AvgIpc) is 2.63. The van der Waals surface area contributed by atoms with Gasteiger partial charge in [-0.1, -0.05) is 23.7 Å². The van der Waals surface area contributed by atoms with Crippen LogP contribution in [-0.2, 0) is 9.53 Å². The van der Waals surface area contributed by atoms with Crippen LogP contribution in [0.3, 0.4) is 0 Å². The van der Waals surface area contributed by atoms with Gasteiger partial charge in [0.25, 0.3) is 0 Å². The molecule has 1 atom stereocenters. The Labute approximate surface area is 161 Å². The molecule has 2 aromatic carbocycles. The summed E-state index contributed by atoms with van der Waals surface area (Å²) in [7, 11) is 1.32. The number of hydrogen-bond donors (Lipinski definition) is 1.